The summed E-state index contributed by atoms with van der Waals surface area (Å²) in [6.45, 7) is 0. The standard InChI is InChI=1S/C22H16FN3OS/c23-17-7-6-8-18(13-17)25-15-16(14-24)22(27)26-20-11-4-5-12-21(20)28-19-9-2-1-3-10-19/h1-13,15,25H,(H,26,27)/b16-15-. The Morgan fingerprint density at radius 2 is 1.75 bits per heavy atom. The summed E-state index contributed by atoms with van der Waals surface area (Å²) in [4.78, 5) is 14.4. The van der Waals surface area contributed by atoms with Gasteiger partial charge in [0.15, 0.2) is 0 Å². The predicted molar refractivity (Wildman–Crippen MR) is 109 cm³/mol. The van der Waals surface area contributed by atoms with Gasteiger partial charge in [-0.25, -0.2) is 4.39 Å². The van der Waals surface area contributed by atoms with Crippen molar-refractivity contribution >= 4 is 29.0 Å². The summed E-state index contributed by atoms with van der Waals surface area (Å²) in [7, 11) is 0. The van der Waals surface area contributed by atoms with Gasteiger partial charge in [-0.05, 0) is 42.5 Å². The fourth-order valence-electron chi connectivity index (χ4n) is 2.35. The number of nitrogens with zero attached hydrogens (tertiary/aromatic N) is 1. The third kappa shape index (κ3) is 5.22. The number of carbonyl (C=O) groups excluding carboxylic acids is 1. The van der Waals surface area contributed by atoms with Crippen LogP contribution in [0.15, 0.2) is 100 Å². The maximum Gasteiger partial charge on any atom is 0.267 e. The second kappa shape index (κ2) is 9.40. The molecule has 1 amide bonds. The van der Waals surface area contributed by atoms with Gasteiger partial charge in [0.1, 0.15) is 17.5 Å². The summed E-state index contributed by atoms with van der Waals surface area (Å²) in [5.74, 6) is -0.958. The lowest BCUT2D eigenvalue weighted by atomic mass is 10.2. The lowest BCUT2D eigenvalue weighted by Gasteiger charge is -2.10. The van der Waals surface area contributed by atoms with E-state index >= 15 is 0 Å². The molecule has 28 heavy (non-hydrogen) atoms. The first-order valence-corrected chi connectivity index (χ1v) is 9.23. The highest BCUT2D eigenvalue weighted by Crippen LogP contribution is 2.33. The number of carbonyl (C=O) groups is 1. The molecular formula is C22H16FN3OS. The maximum atomic E-state index is 13.2. The molecule has 0 aliphatic heterocycles. The van der Waals surface area contributed by atoms with Crippen LogP contribution in [-0.4, -0.2) is 5.91 Å². The first-order chi connectivity index (χ1) is 13.7. The molecule has 0 saturated heterocycles. The highest BCUT2D eigenvalue weighted by Gasteiger charge is 2.12. The molecule has 0 aliphatic rings. The van der Waals surface area contributed by atoms with Gasteiger partial charge >= 0.3 is 0 Å². The number of amides is 1. The molecule has 3 rings (SSSR count). The van der Waals surface area contributed by atoms with Gasteiger partial charge in [0.25, 0.3) is 5.91 Å². The highest BCUT2D eigenvalue weighted by molar-refractivity contribution is 7.99. The zero-order chi connectivity index (χ0) is 19.8. The normalized spacial score (nSPS) is 10.8. The fourth-order valence-corrected chi connectivity index (χ4v) is 3.27. The van der Waals surface area contributed by atoms with Crippen LogP contribution >= 0.6 is 11.8 Å². The minimum Gasteiger partial charge on any atom is -0.360 e. The summed E-state index contributed by atoms with van der Waals surface area (Å²) in [6, 6.07) is 24.8. The van der Waals surface area contributed by atoms with Gasteiger partial charge in [0.05, 0.1) is 5.69 Å². The van der Waals surface area contributed by atoms with E-state index in [0.717, 1.165) is 9.79 Å². The van der Waals surface area contributed by atoms with Crippen LogP contribution in [0.3, 0.4) is 0 Å². The molecule has 0 fully saturated rings. The van der Waals surface area contributed by atoms with E-state index in [1.165, 1.54) is 36.2 Å². The Morgan fingerprint density at radius 1 is 1.00 bits per heavy atom. The van der Waals surface area contributed by atoms with E-state index in [4.69, 9.17) is 0 Å². The number of halogens is 1. The second-order valence-corrected chi connectivity index (χ2v) is 6.81. The number of anilines is 2. The molecule has 0 aliphatic carbocycles. The molecule has 0 aromatic heterocycles. The topological polar surface area (TPSA) is 64.9 Å². The number of nitrogens with one attached hydrogen (secondary N) is 2. The van der Waals surface area contributed by atoms with Crippen LogP contribution < -0.4 is 10.6 Å². The highest BCUT2D eigenvalue weighted by atomic mass is 32.2. The third-order valence-electron chi connectivity index (χ3n) is 3.68. The van der Waals surface area contributed by atoms with Gasteiger partial charge in [-0.3, -0.25) is 4.79 Å². The smallest absolute Gasteiger partial charge is 0.267 e. The van der Waals surface area contributed by atoms with Crippen LogP contribution in [0.1, 0.15) is 0 Å². The third-order valence-corrected chi connectivity index (χ3v) is 4.76. The molecule has 0 atom stereocenters. The van der Waals surface area contributed by atoms with Crippen molar-refractivity contribution < 1.29 is 9.18 Å². The Kier molecular flexibility index (Phi) is 6.45. The molecule has 0 bridgehead atoms. The molecule has 0 saturated carbocycles. The van der Waals surface area contributed by atoms with Crippen molar-refractivity contribution in [2.24, 2.45) is 0 Å². The molecule has 0 radical (unpaired) electrons. The Labute approximate surface area is 166 Å². The number of nitriles is 1. The predicted octanol–water partition coefficient (Wildman–Crippen LogP) is 5.43. The van der Waals surface area contributed by atoms with Crippen molar-refractivity contribution in [1.29, 1.82) is 5.26 Å². The molecule has 2 N–H and O–H groups in total. The molecule has 3 aromatic carbocycles. The molecule has 0 unspecified atom stereocenters. The van der Waals surface area contributed by atoms with Crippen LogP contribution in [0.2, 0.25) is 0 Å². The van der Waals surface area contributed by atoms with Crippen molar-refractivity contribution in [3.8, 4) is 6.07 Å². The summed E-state index contributed by atoms with van der Waals surface area (Å²) >= 11 is 1.51. The number of benzene rings is 3. The Morgan fingerprint density at radius 3 is 2.50 bits per heavy atom. The summed E-state index contributed by atoms with van der Waals surface area (Å²) in [5, 5.41) is 14.8. The Hall–Kier alpha value is -3.56. The van der Waals surface area contributed by atoms with E-state index in [1.807, 2.05) is 54.6 Å². The summed E-state index contributed by atoms with van der Waals surface area (Å²) in [6.07, 6.45) is 1.26. The second-order valence-electron chi connectivity index (χ2n) is 5.69. The molecule has 6 heteroatoms. The van der Waals surface area contributed by atoms with E-state index in [2.05, 4.69) is 10.6 Å². The van der Waals surface area contributed by atoms with Crippen LogP contribution in [0, 0.1) is 17.1 Å². The van der Waals surface area contributed by atoms with E-state index in [-0.39, 0.29) is 5.57 Å². The summed E-state index contributed by atoms with van der Waals surface area (Å²) in [5.41, 5.74) is 0.928. The van der Waals surface area contributed by atoms with Gasteiger partial charge in [0, 0.05) is 21.7 Å². The lowest BCUT2D eigenvalue weighted by Crippen LogP contribution is -2.15. The van der Waals surface area contributed by atoms with Crippen molar-refractivity contribution in [3.63, 3.8) is 0 Å². The van der Waals surface area contributed by atoms with Crippen LogP contribution in [0.5, 0.6) is 0 Å². The van der Waals surface area contributed by atoms with Crippen LogP contribution in [0.25, 0.3) is 0 Å². The monoisotopic (exact) mass is 389 g/mol. The van der Waals surface area contributed by atoms with Gasteiger partial charge in [0.2, 0.25) is 0 Å². The van der Waals surface area contributed by atoms with Crippen molar-refractivity contribution in [3.05, 3.63) is 96.5 Å². The number of hydrogen-bond donors (Lipinski definition) is 2. The first-order valence-electron chi connectivity index (χ1n) is 8.41. The van der Waals surface area contributed by atoms with Gasteiger partial charge < -0.3 is 10.6 Å². The van der Waals surface area contributed by atoms with Crippen LogP contribution in [0.4, 0.5) is 15.8 Å². The van der Waals surface area contributed by atoms with E-state index < -0.39 is 11.7 Å². The summed E-state index contributed by atoms with van der Waals surface area (Å²) < 4.78 is 13.2. The fraction of sp³-hybridized carbons (Fsp3) is 0. The molecule has 138 valence electrons. The van der Waals surface area contributed by atoms with Gasteiger partial charge in [-0.15, -0.1) is 0 Å². The number of hydrogen-bond acceptors (Lipinski definition) is 4. The minimum atomic E-state index is -0.549. The van der Waals surface area contributed by atoms with E-state index in [0.29, 0.717) is 11.4 Å². The van der Waals surface area contributed by atoms with Crippen LogP contribution in [-0.2, 0) is 4.79 Å². The number of rotatable bonds is 6. The average Bonchev–Trinajstić information content (AvgIpc) is 2.71. The largest absolute Gasteiger partial charge is 0.360 e. The molecule has 3 aromatic rings. The maximum absolute atomic E-state index is 13.2. The first kappa shape index (κ1) is 19.2. The average molecular weight is 389 g/mol. The SMILES string of the molecule is N#C/C(=C/Nc1cccc(F)c1)C(=O)Nc1ccccc1Sc1ccccc1. The molecular weight excluding hydrogens is 373 g/mol. The quantitative estimate of drug-likeness (QED) is 0.435. The zero-order valence-corrected chi connectivity index (χ0v) is 15.5. The van der Waals surface area contributed by atoms with Crippen molar-refractivity contribution in [1.82, 2.24) is 0 Å². The minimum absolute atomic E-state index is 0.122. The van der Waals surface area contributed by atoms with Crippen molar-refractivity contribution in [2.75, 3.05) is 10.6 Å². The number of para-hydroxylation sites is 1. The molecule has 0 spiro atoms. The van der Waals surface area contributed by atoms with Gasteiger partial charge in [-0.1, -0.05) is 48.2 Å². The van der Waals surface area contributed by atoms with Gasteiger partial charge in [-0.2, -0.15) is 5.26 Å². The van der Waals surface area contributed by atoms with Crippen molar-refractivity contribution in [2.45, 2.75) is 9.79 Å². The molecule has 4 nitrogen and oxygen atoms in total. The zero-order valence-electron chi connectivity index (χ0n) is 14.7. The van der Waals surface area contributed by atoms with E-state index in [1.54, 1.807) is 12.1 Å². The Bertz CT molecular complexity index is 1040. The lowest BCUT2D eigenvalue weighted by molar-refractivity contribution is -0.112. The molecule has 0 heterocycles. The Balaban J connectivity index is 1.74. The van der Waals surface area contributed by atoms with E-state index in [9.17, 15) is 14.4 Å².